The van der Waals surface area contributed by atoms with Gasteiger partial charge in [0, 0.05) is 0 Å². The molecule has 0 aromatic rings. The maximum absolute atomic E-state index is 5.56. The van der Waals surface area contributed by atoms with E-state index in [2.05, 4.69) is 18.8 Å². The van der Waals surface area contributed by atoms with E-state index in [9.17, 15) is 0 Å². The second-order valence-corrected chi connectivity index (χ2v) is 4.68. The van der Waals surface area contributed by atoms with Crippen LogP contribution in [0.4, 0.5) is 0 Å². The Morgan fingerprint density at radius 1 is 1.50 bits per heavy atom. The molecule has 0 aromatic heterocycles. The number of nitrogens with zero attached hydrogens (tertiary/aromatic N) is 1. The minimum atomic E-state index is 0.474. The van der Waals surface area contributed by atoms with Crippen LogP contribution >= 0.6 is 0 Å². The number of nitrogens with two attached hydrogens (primary N) is 1. The molecule has 2 heteroatoms. The average molecular weight is 168 g/mol. The first-order chi connectivity index (χ1) is 5.49. The van der Waals surface area contributed by atoms with Crippen LogP contribution in [-0.2, 0) is 0 Å². The summed E-state index contributed by atoms with van der Waals surface area (Å²) in [6, 6.07) is 0.485. The van der Waals surface area contributed by atoms with E-state index < -0.39 is 0 Å². The molecule has 0 bridgehead atoms. The van der Waals surface area contributed by atoms with Crippen LogP contribution in [0.3, 0.4) is 0 Å². The molecule has 0 aliphatic heterocycles. The molecular formula is C10H20N2. The fraction of sp³-hybridized carbons (Fsp3) is 0.900. The third-order valence-electron chi connectivity index (χ3n) is 2.57. The van der Waals surface area contributed by atoms with Crippen LogP contribution in [0.5, 0.6) is 0 Å². The van der Waals surface area contributed by atoms with Gasteiger partial charge in [0.1, 0.15) is 0 Å². The molecule has 1 rings (SSSR count). The molecule has 1 saturated carbocycles. The quantitative estimate of drug-likeness (QED) is 0.473. The number of hydrogen-bond donors (Lipinski definition) is 1. The fourth-order valence-corrected chi connectivity index (χ4v) is 2.06. The molecule has 0 aromatic carbocycles. The van der Waals surface area contributed by atoms with Crippen LogP contribution in [0.15, 0.2) is 4.99 Å². The molecule has 0 spiro atoms. The van der Waals surface area contributed by atoms with Gasteiger partial charge < -0.3 is 5.73 Å². The number of aliphatic imine (C=N–C) groups is 1. The van der Waals surface area contributed by atoms with Gasteiger partial charge in [-0.2, -0.15) is 0 Å². The highest BCUT2D eigenvalue weighted by Gasteiger charge is 2.27. The summed E-state index contributed by atoms with van der Waals surface area (Å²) in [6.07, 6.45) is 5.05. The summed E-state index contributed by atoms with van der Waals surface area (Å²) in [6.45, 7) is 6.52. The largest absolute Gasteiger partial charge is 0.388 e. The van der Waals surface area contributed by atoms with E-state index in [0.717, 1.165) is 5.84 Å². The normalized spacial score (nSPS) is 30.2. The van der Waals surface area contributed by atoms with Crippen molar-refractivity contribution in [1.82, 2.24) is 0 Å². The van der Waals surface area contributed by atoms with Crippen LogP contribution in [-0.4, -0.2) is 11.9 Å². The van der Waals surface area contributed by atoms with Crippen molar-refractivity contribution >= 4 is 5.84 Å². The van der Waals surface area contributed by atoms with Crippen LogP contribution in [0.2, 0.25) is 0 Å². The highest BCUT2D eigenvalue weighted by atomic mass is 14.9. The molecule has 1 aliphatic carbocycles. The van der Waals surface area contributed by atoms with Gasteiger partial charge in [0.05, 0.1) is 11.9 Å². The first kappa shape index (κ1) is 9.56. The molecule has 2 N–H and O–H groups in total. The second-order valence-electron chi connectivity index (χ2n) is 4.68. The molecule has 12 heavy (non-hydrogen) atoms. The summed E-state index contributed by atoms with van der Waals surface area (Å²) in [4.78, 5) is 4.43. The van der Waals surface area contributed by atoms with Crippen molar-refractivity contribution in [2.45, 2.75) is 52.5 Å². The number of rotatable bonds is 1. The monoisotopic (exact) mass is 168 g/mol. The first-order valence-electron chi connectivity index (χ1n) is 4.79. The van der Waals surface area contributed by atoms with Gasteiger partial charge in [-0.15, -0.1) is 0 Å². The molecule has 0 radical (unpaired) electrons. The second kappa shape index (κ2) is 3.46. The zero-order chi connectivity index (χ0) is 9.19. The first-order valence-corrected chi connectivity index (χ1v) is 4.79. The highest BCUT2D eigenvalue weighted by molar-refractivity contribution is 5.77. The van der Waals surface area contributed by atoms with Crippen molar-refractivity contribution in [3.05, 3.63) is 0 Å². The molecule has 1 fully saturated rings. The summed E-state index contributed by atoms with van der Waals surface area (Å²) in [7, 11) is 0. The average Bonchev–Trinajstić information content (AvgIpc) is 1.82. The molecule has 0 heterocycles. The van der Waals surface area contributed by atoms with Crippen LogP contribution in [0, 0.1) is 5.41 Å². The Hall–Kier alpha value is -0.530. The predicted molar refractivity (Wildman–Crippen MR) is 53.3 cm³/mol. The maximum Gasteiger partial charge on any atom is 0.0909 e. The van der Waals surface area contributed by atoms with E-state index in [0.29, 0.717) is 11.5 Å². The van der Waals surface area contributed by atoms with Crippen molar-refractivity contribution in [3.63, 3.8) is 0 Å². The Bertz CT molecular complexity index is 178. The number of hydrogen-bond acceptors (Lipinski definition) is 1. The minimum Gasteiger partial charge on any atom is -0.388 e. The highest BCUT2D eigenvalue weighted by Crippen LogP contribution is 2.36. The standard InChI is InChI=1S/C10H20N2/c1-8(11)12-9-5-4-6-10(2,3)7-9/h9H,4-7H2,1-3H3,(H2,11,12). The molecule has 1 aliphatic rings. The van der Waals surface area contributed by atoms with Gasteiger partial charge in [0.15, 0.2) is 0 Å². The predicted octanol–water partition coefficient (Wildman–Crippen LogP) is 2.33. The smallest absolute Gasteiger partial charge is 0.0909 e. The lowest BCUT2D eigenvalue weighted by Crippen LogP contribution is -2.26. The van der Waals surface area contributed by atoms with E-state index in [1.54, 1.807) is 0 Å². The lowest BCUT2D eigenvalue weighted by molar-refractivity contribution is 0.222. The summed E-state index contributed by atoms with van der Waals surface area (Å²) in [5.41, 5.74) is 6.04. The van der Waals surface area contributed by atoms with Crippen LogP contribution in [0.1, 0.15) is 46.5 Å². The summed E-state index contributed by atoms with van der Waals surface area (Å²) < 4.78 is 0. The Labute approximate surface area is 75.3 Å². The van der Waals surface area contributed by atoms with Gasteiger partial charge in [0.25, 0.3) is 0 Å². The van der Waals surface area contributed by atoms with Crippen molar-refractivity contribution in [2.75, 3.05) is 0 Å². The molecule has 0 amide bonds. The summed E-state index contributed by atoms with van der Waals surface area (Å²) in [5.74, 6) is 0.734. The molecule has 70 valence electrons. The third-order valence-corrected chi connectivity index (χ3v) is 2.57. The Morgan fingerprint density at radius 2 is 2.17 bits per heavy atom. The molecule has 0 saturated heterocycles. The molecule has 2 nitrogen and oxygen atoms in total. The molecule has 1 unspecified atom stereocenters. The molecule has 1 atom stereocenters. The van der Waals surface area contributed by atoms with E-state index in [1.807, 2.05) is 6.92 Å². The van der Waals surface area contributed by atoms with E-state index in [1.165, 1.54) is 25.7 Å². The third kappa shape index (κ3) is 2.84. The Balaban J connectivity index is 2.52. The van der Waals surface area contributed by atoms with Gasteiger partial charge in [0.2, 0.25) is 0 Å². The minimum absolute atomic E-state index is 0.474. The van der Waals surface area contributed by atoms with Gasteiger partial charge in [-0.3, -0.25) is 4.99 Å². The van der Waals surface area contributed by atoms with Gasteiger partial charge >= 0.3 is 0 Å². The van der Waals surface area contributed by atoms with Crippen molar-refractivity contribution < 1.29 is 0 Å². The fourth-order valence-electron chi connectivity index (χ4n) is 2.06. The summed E-state index contributed by atoms with van der Waals surface area (Å²) >= 11 is 0. The van der Waals surface area contributed by atoms with E-state index >= 15 is 0 Å². The van der Waals surface area contributed by atoms with Crippen LogP contribution < -0.4 is 5.73 Å². The molecular weight excluding hydrogens is 148 g/mol. The maximum atomic E-state index is 5.56. The topological polar surface area (TPSA) is 38.4 Å². The number of amidine groups is 1. The van der Waals surface area contributed by atoms with Crippen molar-refractivity contribution in [2.24, 2.45) is 16.1 Å². The van der Waals surface area contributed by atoms with Gasteiger partial charge in [-0.1, -0.05) is 20.3 Å². The Kier molecular flexibility index (Phi) is 2.76. The zero-order valence-corrected chi connectivity index (χ0v) is 8.43. The zero-order valence-electron chi connectivity index (χ0n) is 8.43. The van der Waals surface area contributed by atoms with Gasteiger partial charge in [-0.25, -0.2) is 0 Å². The Morgan fingerprint density at radius 3 is 2.67 bits per heavy atom. The lowest BCUT2D eigenvalue weighted by Gasteiger charge is -2.33. The van der Waals surface area contributed by atoms with E-state index in [-0.39, 0.29) is 0 Å². The van der Waals surface area contributed by atoms with E-state index in [4.69, 9.17) is 5.73 Å². The summed E-state index contributed by atoms with van der Waals surface area (Å²) in [5, 5.41) is 0. The van der Waals surface area contributed by atoms with Crippen molar-refractivity contribution in [1.29, 1.82) is 0 Å². The lowest BCUT2D eigenvalue weighted by atomic mass is 9.75. The van der Waals surface area contributed by atoms with Crippen molar-refractivity contribution in [3.8, 4) is 0 Å². The van der Waals surface area contributed by atoms with Gasteiger partial charge in [-0.05, 0) is 31.6 Å². The van der Waals surface area contributed by atoms with Crippen LogP contribution in [0.25, 0.3) is 0 Å². The SMILES string of the molecule is CC(N)=NC1CCCC(C)(C)C1.